The average Bonchev–Trinajstić information content (AvgIpc) is 3.49. The number of likely N-dealkylation sites (N-methyl/N-ethyl adjacent to an activating group) is 1. The molecule has 42 heavy (non-hydrogen) atoms. The van der Waals surface area contributed by atoms with E-state index in [0.717, 1.165) is 53.9 Å². The van der Waals surface area contributed by atoms with Crippen molar-refractivity contribution in [3.63, 3.8) is 0 Å². The molecular weight excluding hydrogens is 545 g/mol. The van der Waals surface area contributed by atoms with Gasteiger partial charge in [0.15, 0.2) is 0 Å². The number of carbonyl (C=O) groups excluding carboxylic acids is 1. The maximum atomic E-state index is 14.1. The molecule has 9 nitrogen and oxygen atoms in total. The second-order valence-corrected chi connectivity index (χ2v) is 10.9. The van der Waals surface area contributed by atoms with E-state index >= 15 is 0 Å². The van der Waals surface area contributed by atoms with Gasteiger partial charge in [0.1, 0.15) is 0 Å². The van der Waals surface area contributed by atoms with E-state index in [1.807, 2.05) is 55.1 Å². The number of hydrazine groups is 2. The lowest BCUT2D eigenvalue weighted by molar-refractivity contribution is -0.138. The Morgan fingerprint density at radius 2 is 1.74 bits per heavy atom. The number of anilines is 3. The molecule has 3 heterocycles. The van der Waals surface area contributed by atoms with Gasteiger partial charge in [-0.1, -0.05) is 13.0 Å². The molecule has 2 aliphatic heterocycles. The van der Waals surface area contributed by atoms with Crippen LogP contribution in [0.15, 0.2) is 42.7 Å². The molecule has 1 amide bonds. The summed E-state index contributed by atoms with van der Waals surface area (Å²) in [7, 11) is 3.78. The fraction of sp³-hybridized carbons (Fsp3) is 0.400. The van der Waals surface area contributed by atoms with E-state index in [2.05, 4.69) is 27.8 Å². The summed E-state index contributed by atoms with van der Waals surface area (Å²) in [6, 6.07) is 7.94. The highest BCUT2D eigenvalue weighted by atomic mass is 19.4. The smallest absolute Gasteiger partial charge is 0.369 e. The Morgan fingerprint density at radius 3 is 2.36 bits per heavy atom. The van der Waals surface area contributed by atoms with Gasteiger partial charge >= 0.3 is 6.18 Å². The Morgan fingerprint density at radius 1 is 1.02 bits per heavy atom. The summed E-state index contributed by atoms with van der Waals surface area (Å²) in [5.74, 6) is -0.600. The first-order valence-corrected chi connectivity index (χ1v) is 14.0. The number of amides is 1. The van der Waals surface area contributed by atoms with Gasteiger partial charge in [-0.25, -0.2) is 0 Å². The normalized spacial score (nSPS) is 16.3. The number of alkyl halides is 3. The van der Waals surface area contributed by atoms with Crippen LogP contribution < -0.4 is 20.8 Å². The quantitative estimate of drug-likeness (QED) is 0.427. The maximum absolute atomic E-state index is 14.1. The van der Waals surface area contributed by atoms with E-state index in [9.17, 15) is 18.0 Å². The van der Waals surface area contributed by atoms with Crippen LogP contribution in [0.25, 0.3) is 5.70 Å². The SMILES string of the molecule is CCN1CCN(c2cc(C(=O)Nc3ccc(C)c(N4C=C(c5cnn(C)c5C)N(C)N4)c3)cc(C(F)(F)F)c2C)CC1. The summed E-state index contributed by atoms with van der Waals surface area (Å²) in [6.45, 7) is 11.1. The number of nitrogens with zero attached hydrogens (tertiary/aromatic N) is 6. The molecule has 12 heteroatoms. The Bertz CT molecular complexity index is 1520. The van der Waals surface area contributed by atoms with Crippen LogP contribution in [0.3, 0.4) is 0 Å². The zero-order chi connectivity index (χ0) is 30.3. The Balaban J connectivity index is 1.42. The van der Waals surface area contributed by atoms with Crippen LogP contribution in [-0.4, -0.2) is 65.4 Å². The third kappa shape index (κ3) is 5.68. The number of nitrogens with one attached hydrogen (secondary N) is 2. The van der Waals surface area contributed by atoms with Gasteiger partial charge < -0.3 is 15.1 Å². The lowest BCUT2D eigenvalue weighted by atomic mass is 10.00. The first kappa shape index (κ1) is 29.5. The van der Waals surface area contributed by atoms with Crippen molar-refractivity contribution in [2.24, 2.45) is 7.05 Å². The number of rotatable bonds is 6. The summed E-state index contributed by atoms with van der Waals surface area (Å²) >= 11 is 0. The summed E-state index contributed by atoms with van der Waals surface area (Å²) < 4.78 is 44.0. The van der Waals surface area contributed by atoms with Gasteiger partial charge in [0.2, 0.25) is 0 Å². The fourth-order valence-corrected chi connectivity index (χ4v) is 5.48. The first-order chi connectivity index (χ1) is 19.9. The number of hydrogen-bond acceptors (Lipinski definition) is 7. The molecule has 3 aromatic rings. The second kappa shape index (κ2) is 11.3. The van der Waals surface area contributed by atoms with E-state index < -0.39 is 17.6 Å². The van der Waals surface area contributed by atoms with Gasteiger partial charge in [-0.2, -0.15) is 18.3 Å². The monoisotopic (exact) mass is 582 g/mol. The van der Waals surface area contributed by atoms with Crippen molar-refractivity contribution in [3.05, 3.63) is 76.2 Å². The van der Waals surface area contributed by atoms with E-state index in [0.29, 0.717) is 24.5 Å². The van der Waals surface area contributed by atoms with Crippen LogP contribution in [0.4, 0.5) is 30.2 Å². The number of aromatic nitrogens is 2. The minimum atomic E-state index is -4.58. The third-order valence-corrected chi connectivity index (χ3v) is 8.22. The topological polar surface area (TPSA) is 71.9 Å². The molecule has 0 unspecified atom stereocenters. The van der Waals surface area contributed by atoms with Crippen molar-refractivity contribution in [1.29, 1.82) is 0 Å². The maximum Gasteiger partial charge on any atom is 0.416 e. The van der Waals surface area contributed by atoms with Gasteiger partial charge in [-0.15, -0.1) is 5.53 Å². The predicted octanol–water partition coefficient (Wildman–Crippen LogP) is 4.93. The summed E-state index contributed by atoms with van der Waals surface area (Å²) in [6.07, 6.45) is -0.833. The highest BCUT2D eigenvalue weighted by Crippen LogP contribution is 2.38. The van der Waals surface area contributed by atoms with E-state index in [-0.39, 0.29) is 11.1 Å². The minimum Gasteiger partial charge on any atom is -0.369 e. The van der Waals surface area contributed by atoms with Crippen LogP contribution in [0.5, 0.6) is 0 Å². The minimum absolute atomic E-state index is 0.0313. The van der Waals surface area contributed by atoms with Crippen molar-refractivity contribution in [1.82, 2.24) is 25.2 Å². The molecule has 0 bridgehead atoms. The molecule has 2 aromatic carbocycles. The zero-order valence-electron chi connectivity index (χ0n) is 24.8. The highest BCUT2D eigenvalue weighted by molar-refractivity contribution is 6.05. The molecule has 1 aromatic heterocycles. The van der Waals surface area contributed by atoms with Crippen molar-refractivity contribution in [2.45, 2.75) is 33.9 Å². The Kier molecular flexibility index (Phi) is 7.95. The number of hydrogen-bond donors (Lipinski definition) is 2. The molecule has 0 spiro atoms. The standard InChI is InChI=1S/C30H37F3N8O/c1-7-39-10-12-40(13-11-39)27-15-22(14-25(20(27)3)30(31,32)33)29(42)35-23-9-8-19(2)26(16-23)41-18-28(38(6)36-41)24-17-34-37(5)21(24)4/h8-9,14-18,36H,7,10-13H2,1-6H3,(H,35,42). The molecule has 224 valence electrons. The second-order valence-electron chi connectivity index (χ2n) is 10.9. The van der Waals surface area contributed by atoms with Crippen molar-refractivity contribution in [2.75, 3.05) is 55.0 Å². The van der Waals surface area contributed by atoms with Crippen LogP contribution in [-0.2, 0) is 13.2 Å². The molecular formula is C30H37F3N8O. The Labute approximate surface area is 244 Å². The average molecular weight is 583 g/mol. The van der Waals surface area contributed by atoms with Crippen molar-refractivity contribution >= 4 is 28.7 Å². The van der Waals surface area contributed by atoms with Gasteiger partial charge in [-0.3, -0.25) is 19.5 Å². The molecule has 1 fully saturated rings. The van der Waals surface area contributed by atoms with Gasteiger partial charge in [0, 0.05) is 74.7 Å². The number of aryl methyl sites for hydroxylation is 2. The highest BCUT2D eigenvalue weighted by Gasteiger charge is 2.35. The molecule has 5 rings (SSSR count). The predicted molar refractivity (Wildman–Crippen MR) is 159 cm³/mol. The lowest BCUT2D eigenvalue weighted by Crippen LogP contribution is -2.46. The summed E-state index contributed by atoms with van der Waals surface area (Å²) in [4.78, 5) is 17.6. The van der Waals surface area contributed by atoms with Crippen LogP contribution >= 0.6 is 0 Å². The molecule has 0 radical (unpaired) electrons. The molecule has 2 aliphatic rings. The molecule has 0 aliphatic carbocycles. The number of halogens is 3. The van der Waals surface area contributed by atoms with E-state index in [1.54, 1.807) is 29.1 Å². The van der Waals surface area contributed by atoms with Crippen LogP contribution in [0.2, 0.25) is 0 Å². The molecule has 1 saturated heterocycles. The van der Waals surface area contributed by atoms with Crippen molar-refractivity contribution in [3.8, 4) is 0 Å². The summed E-state index contributed by atoms with van der Waals surface area (Å²) in [5.41, 5.74) is 8.14. The fourth-order valence-electron chi connectivity index (χ4n) is 5.48. The molecule has 2 N–H and O–H groups in total. The third-order valence-electron chi connectivity index (χ3n) is 8.22. The largest absolute Gasteiger partial charge is 0.416 e. The van der Waals surface area contributed by atoms with E-state index in [1.165, 1.54) is 6.92 Å². The van der Waals surface area contributed by atoms with Crippen molar-refractivity contribution < 1.29 is 18.0 Å². The number of carbonyl (C=O) groups is 1. The van der Waals surface area contributed by atoms with Crippen LogP contribution in [0.1, 0.15) is 45.2 Å². The van der Waals surface area contributed by atoms with Gasteiger partial charge in [0.05, 0.1) is 23.1 Å². The molecule has 0 atom stereocenters. The summed E-state index contributed by atoms with van der Waals surface area (Å²) in [5, 5.41) is 10.9. The molecule has 0 saturated carbocycles. The first-order valence-electron chi connectivity index (χ1n) is 14.0. The zero-order valence-corrected chi connectivity index (χ0v) is 24.8. The van der Waals surface area contributed by atoms with E-state index in [4.69, 9.17) is 0 Å². The van der Waals surface area contributed by atoms with Gasteiger partial charge in [0.25, 0.3) is 5.91 Å². The van der Waals surface area contributed by atoms with Gasteiger partial charge in [-0.05, 0) is 62.7 Å². The van der Waals surface area contributed by atoms with Crippen LogP contribution in [0, 0.1) is 20.8 Å². The number of piperazine rings is 1. The lowest BCUT2D eigenvalue weighted by Gasteiger charge is -2.37. The number of benzene rings is 2. The Hall–Kier alpha value is -4.03.